The first-order chi connectivity index (χ1) is 12.0. The van der Waals surface area contributed by atoms with Crippen molar-refractivity contribution in [2.24, 2.45) is 0 Å². The van der Waals surface area contributed by atoms with Crippen LogP contribution in [0.5, 0.6) is 0 Å². The molecule has 0 radical (unpaired) electrons. The monoisotopic (exact) mass is 337 g/mol. The van der Waals surface area contributed by atoms with Gasteiger partial charge in [0, 0.05) is 24.9 Å². The van der Waals surface area contributed by atoms with E-state index >= 15 is 0 Å². The second-order valence-corrected chi connectivity index (χ2v) is 6.32. The Bertz CT molecular complexity index is 887. The van der Waals surface area contributed by atoms with Gasteiger partial charge in [-0.1, -0.05) is 30.3 Å². The number of aryl methyl sites for hydroxylation is 2. The second-order valence-electron chi connectivity index (χ2n) is 6.32. The highest BCUT2D eigenvalue weighted by Crippen LogP contribution is 2.20. The average Bonchev–Trinajstić information content (AvgIpc) is 3.09. The molecule has 0 saturated heterocycles. The highest BCUT2D eigenvalue weighted by Gasteiger charge is 2.18. The third-order valence-corrected chi connectivity index (χ3v) is 4.83. The predicted molar refractivity (Wildman–Crippen MR) is 96.2 cm³/mol. The lowest BCUT2D eigenvalue weighted by atomic mass is 10.0. The van der Waals surface area contributed by atoms with E-state index in [1.165, 1.54) is 6.33 Å². The minimum absolute atomic E-state index is 0.0480. The molecular weight excluding hydrogens is 314 g/mol. The van der Waals surface area contributed by atoms with E-state index in [0.29, 0.717) is 18.6 Å². The molecule has 2 heterocycles. The molecular formula is C19H23N5O. The maximum absolute atomic E-state index is 12.6. The van der Waals surface area contributed by atoms with Crippen molar-refractivity contribution in [3.05, 3.63) is 59.2 Å². The molecule has 0 spiro atoms. The molecule has 130 valence electrons. The molecule has 0 saturated carbocycles. The van der Waals surface area contributed by atoms with Gasteiger partial charge >= 0.3 is 0 Å². The lowest BCUT2D eigenvalue weighted by Gasteiger charge is -2.25. The zero-order chi connectivity index (χ0) is 18.0. The van der Waals surface area contributed by atoms with Gasteiger partial charge in [0.15, 0.2) is 0 Å². The van der Waals surface area contributed by atoms with Crippen molar-refractivity contribution >= 4 is 11.7 Å². The zero-order valence-corrected chi connectivity index (χ0v) is 15.1. The number of fused-ring (bicyclic) bond motifs is 1. The van der Waals surface area contributed by atoms with E-state index in [2.05, 4.69) is 15.1 Å². The van der Waals surface area contributed by atoms with Crippen LogP contribution in [0.1, 0.15) is 41.9 Å². The van der Waals surface area contributed by atoms with Crippen LogP contribution in [-0.4, -0.2) is 37.4 Å². The van der Waals surface area contributed by atoms with Crippen molar-refractivity contribution in [1.29, 1.82) is 0 Å². The van der Waals surface area contributed by atoms with Gasteiger partial charge in [0.05, 0.1) is 6.04 Å². The minimum atomic E-state index is 0.0480. The summed E-state index contributed by atoms with van der Waals surface area (Å²) in [6.07, 6.45) is 2.58. The fraction of sp³-hybridized carbons (Fsp3) is 0.368. The molecule has 1 aromatic carbocycles. The summed E-state index contributed by atoms with van der Waals surface area (Å²) in [6, 6.07) is 10.1. The SMILES string of the molecule is Cc1nc2ncnn2c(C)c1CCC(=O)N(C)[C@@H](C)c1ccccc1. The van der Waals surface area contributed by atoms with Crippen molar-refractivity contribution < 1.29 is 4.79 Å². The van der Waals surface area contributed by atoms with Crippen LogP contribution in [0, 0.1) is 13.8 Å². The van der Waals surface area contributed by atoms with Crippen LogP contribution in [0.2, 0.25) is 0 Å². The maximum Gasteiger partial charge on any atom is 0.252 e. The molecule has 1 atom stereocenters. The van der Waals surface area contributed by atoms with E-state index in [-0.39, 0.29) is 11.9 Å². The summed E-state index contributed by atoms with van der Waals surface area (Å²) in [4.78, 5) is 23.0. The largest absolute Gasteiger partial charge is 0.339 e. The normalized spacial score (nSPS) is 12.3. The lowest BCUT2D eigenvalue weighted by Crippen LogP contribution is -2.30. The van der Waals surface area contributed by atoms with E-state index in [1.807, 2.05) is 58.2 Å². The van der Waals surface area contributed by atoms with Crippen LogP contribution < -0.4 is 0 Å². The predicted octanol–water partition coefficient (Wildman–Crippen LogP) is 2.89. The van der Waals surface area contributed by atoms with Gasteiger partial charge in [-0.2, -0.15) is 10.1 Å². The molecule has 2 aromatic heterocycles. The highest BCUT2D eigenvalue weighted by molar-refractivity contribution is 5.76. The fourth-order valence-electron chi connectivity index (χ4n) is 3.10. The Morgan fingerprint density at radius 1 is 1.24 bits per heavy atom. The van der Waals surface area contributed by atoms with Gasteiger partial charge in [-0.3, -0.25) is 4.79 Å². The van der Waals surface area contributed by atoms with E-state index in [0.717, 1.165) is 22.5 Å². The van der Waals surface area contributed by atoms with Crippen molar-refractivity contribution in [3.63, 3.8) is 0 Å². The molecule has 0 bridgehead atoms. The smallest absolute Gasteiger partial charge is 0.252 e. The topological polar surface area (TPSA) is 63.4 Å². The van der Waals surface area contributed by atoms with Crippen LogP contribution in [0.25, 0.3) is 5.78 Å². The number of carbonyl (C=O) groups excluding carboxylic acids is 1. The van der Waals surface area contributed by atoms with Crippen LogP contribution >= 0.6 is 0 Å². The van der Waals surface area contributed by atoms with Gasteiger partial charge in [0.1, 0.15) is 6.33 Å². The maximum atomic E-state index is 12.6. The van der Waals surface area contributed by atoms with Crippen LogP contribution in [-0.2, 0) is 11.2 Å². The van der Waals surface area contributed by atoms with Gasteiger partial charge in [-0.25, -0.2) is 9.50 Å². The molecule has 6 nitrogen and oxygen atoms in total. The summed E-state index contributed by atoms with van der Waals surface area (Å²) in [6.45, 7) is 6.00. The Kier molecular flexibility index (Phi) is 4.79. The zero-order valence-electron chi connectivity index (χ0n) is 15.1. The number of benzene rings is 1. The molecule has 0 unspecified atom stereocenters. The molecule has 25 heavy (non-hydrogen) atoms. The summed E-state index contributed by atoms with van der Waals surface area (Å²) in [5, 5.41) is 4.20. The standard InChI is InChI=1S/C19H23N5O/c1-13-17(15(3)24-19(22-13)20-12-21-24)10-11-18(25)23(4)14(2)16-8-6-5-7-9-16/h5-9,12,14H,10-11H2,1-4H3/t14-/m0/s1. The summed E-state index contributed by atoms with van der Waals surface area (Å²) in [7, 11) is 1.86. The average molecular weight is 337 g/mol. The van der Waals surface area contributed by atoms with Crippen molar-refractivity contribution in [2.45, 2.75) is 39.7 Å². The lowest BCUT2D eigenvalue weighted by molar-refractivity contribution is -0.131. The highest BCUT2D eigenvalue weighted by atomic mass is 16.2. The summed E-state index contributed by atoms with van der Waals surface area (Å²) < 4.78 is 1.73. The van der Waals surface area contributed by atoms with E-state index in [4.69, 9.17) is 0 Å². The molecule has 0 N–H and O–H groups in total. The number of amides is 1. The van der Waals surface area contributed by atoms with Crippen LogP contribution in [0.3, 0.4) is 0 Å². The fourth-order valence-corrected chi connectivity index (χ4v) is 3.10. The van der Waals surface area contributed by atoms with Gasteiger partial charge in [-0.15, -0.1) is 0 Å². The molecule has 0 aliphatic carbocycles. The quantitative estimate of drug-likeness (QED) is 0.718. The van der Waals surface area contributed by atoms with Gasteiger partial charge in [0.2, 0.25) is 5.91 Å². The third kappa shape index (κ3) is 3.38. The van der Waals surface area contributed by atoms with E-state index in [1.54, 1.807) is 9.42 Å². The molecule has 1 amide bonds. The van der Waals surface area contributed by atoms with Crippen molar-refractivity contribution in [1.82, 2.24) is 24.5 Å². The molecule has 3 aromatic rings. The summed E-state index contributed by atoms with van der Waals surface area (Å²) in [5.74, 6) is 0.716. The first-order valence-electron chi connectivity index (χ1n) is 8.45. The summed E-state index contributed by atoms with van der Waals surface area (Å²) in [5.41, 5.74) is 4.10. The Labute approximate surface area is 147 Å². The number of aromatic nitrogens is 4. The number of carbonyl (C=O) groups is 1. The van der Waals surface area contributed by atoms with Crippen molar-refractivity contribution in [3.8, 4) is 0 Å². The molecule has 6 heteroatoms. The molecule has 0 aliphatic heterocycles. The van der Waals surface area contributed by atoms with Gasteiger partial charge in [0.25, 0.3) is 5.78 Å². The Balaban J connectivity index is 1.72. The van der Waals surface area contributed by atoms with Crippen molar-refractivity contribution in [2.75, 3.05) is 7.05 Å². The molecule has 3 rings (SSSR count). The first-order valence-corrected chi connectivity index (χ1v) is 8.45. The Hall–Kier alpha value is -2.76. The second kappa shape index (κ2) is 7.01. The number of rotatable bonds is 5. The molecule has 0 aliphatic rings. The summed E-state index contributed by atoms with van der Waals surface area (Å²) >= 11 is 0. The molecule has 0 fully saturated rings. The Morgan fingerprint density at radius 3 is 2.68 bits per heavy atom. The number of nitrogens with zero attached hydrogens (tertiary/aromatic N) is 5. The van der Waals surface area contributed by atoms with Gasteiger partial charge in [-0.05, 0) is 38.3 Å². The van der Waals surface area contributed by atoms with Crippen LogP contribution in [0.15, 0.2) is 36.7 Å². The van der Waals surface area contributed by atoms with E-state index < -0.39 is 0 Å². The first kappa shape index (κ1) is 17.1. The third-order valence-electron chi connectivity index (χ3n) is 4.83. The van der Waals surface area contributed by atoms with Crippen LogP contribution in [0.4, 0.5) is 0 Å². The Morgan fingerprint density at radius 2 is 1.96 bits per heavy atom. The minimum Gasteiger partial charge on any atom is -0.339 e. The number of hydrogen-bond donors (Lipinski definition) is 0. The van der Waals surface area contributed by atoms with Gasteiger partial charge < -0.3 is 4.90 Å². The van der Waals surface area contributed by atoms with E-state index in [9.17, 15) is 4.79 Å². The number of hydrogen-bond acceptors (Lipinski definition) is 4.